The second-order valence-electron chi connectivity index (χ2n) is 4.98. The zero-order chi connectivity index (χ0) is 15.6. The normalized spacial score (nSPS) is 14.0. The summed E-state index contributed by atoms with van der Waals surface area (Å²) in [7, 11) is 0. The van der Waals surface area contributed by atoms with Gasteiger partial charge in [0, 0.05) is 23.2 Å². The lowest BCUT2D eigenvalue weighted by Crippen LogP contribution is -2.23. The molecule has 0 saturated carbocycles. The Balaban J connectivity index is 2.20. The lowest BCUT2D eigenvalue weighted by Gasteiger charge is -2.22. The van der Waals surface area contributed by atoms with Gasteiger partial charge in [-0.25, -0.2) is 13.2 Å². The molecule has 5 heteroatoms. The van der Waals surface area contributed by atoms with Crippen molar-refractivity contribution >= 4 is 0 Å². The highest BCUT2D eigenvalue weighted by Gasteiger charge is 2.17. The highest BCUT2D eigenvalue weighted by atomic mass is 19.1. The Kier molecular flexibility index (Phi) is 4.53. The third-order valence-electron chi connectivity index (χ3n) is 3.38. The molecule has 2 atom stereocenters. The molecule has 2 rings (SSSR count). The molecular formula is C16H16F3NO. The fourth-order valence-corrected chi connectivity index (χ4v) is 2.27. The number of hydrogen-bond donors (Lipinski definition) is 2. The first kappa shape index (κ1) is 15.4. The fraction of sp³-hybridized carbons (Fsp3) is 0.250. The van der Waals surface area contributed by atoms with Crippen molar-refractivity contribution in [1.29, 1.82) is 0 Å². The van der Waals surface area contributed by atoms with Crippen LogP contribution < -0.4 is 5.32 Å². The Hall–Kier alpha value is -2.01. The Morgan fingerprint density at radius 3 is 2.05 bits per heavy atom. The lowest BCUT2D eigenvalue weighted by molar-refractivity contribution is 0.429. The molecule has 0 aliphatic carbocycles. The second kappa shape index (κ2) is 6.18. The first-order chi connectivity index (χ1) is 9.88. The number of nitrogens with one attached hydrogen (secondary N) is 1. The van der Waals surface area contributed by atoms with Gasteiger partial charge in [-0.1, -0.05) is 0 Å². The summed E-state index contributed by atoms with van der Waals surface area (Å²) < 4.78 is 40.1. The van der Waals surface area contributed by atoms with Crippen LogP contribution in [0.4, 0.5) is 13.2 Å². The predicted octanol–water partition coefficient (Wildman–Crippen LogP) is 4.22. The molecule has 2 aromatic rings. The van der Waals surface area contributed by atoms with E-state index in [1.807, 2.05) is 0 Å². The summed E-state index contributed by atoms with van der Waals surface area (Å²) in [6.45, 7) is 3.38. The molecule has 0 spiro atoms. The Morgan fingerprint density at radius 2 is 1.38 bits per heavy atom. The van der Waals surface area contributed by atoms with E-state index in [4.69, 9.17) is 0 Å². The van der Waals surface area contributed by atoms with Crippen LogP contribution in [0.25, 0.3) is 0 Å². The summed E-state index contributed by atoms with van der Waals surface area (Å²) >= 11 is 0. The highest BCUT2D eigenvalue weighted by Crippen LogP contribution is 2.27. The summed E-state index contributed by atoms with van der Waals surface area (Å²) in [5.74, 6) is -1.57. The summed E-state index contributed by atoms with van der Waals surface area (Å²) in [5, 5.41) is 12.8. The maximum absolute atomic E-state index is 13.7. The van der Waals surface area contributed by atoms with E-state index >= 15 is 0 Å². The molecule has 2 N–H and O–H groups in total. The first-order valence-electron chi connectivity index (χ1n) is 6.58. The van der Waals surface area contributed by atoms with Crippen molar-refractivity contribution in [3.63, 3.8) is 0 Å². The maximum Gasteiger partial charge on any atom is 0.128 e. The third kappa shape index (κ3) is 3.55. The molecule has 2 aromatic carbocycles. The molecule has 21 heavy (non-hydrogen) atoms. The number of aromatic hydroxyl groups is 1. The molecule has 0 heterocycles. The Morgan fingerprint density at radius 1 is 0.857 bits per heavy atom. The average Bonchev–Trinajstić information content (AvgIpc) is 2.43. The van der Waals surface area contributed by atoms with Crippen LogP contribution in [0.15, 0.2) is 36.4 Å². The van der Waals surface area contributed by atoms with Crippen LogP contribution in [0, 0.1) is 17.5 Å². The molecule has 112 valence electrons. The number of rotatable bonds is 4. The Labute approximate surface area is 121 Å². The van der Waals surface area contributed by atoms with Crippen LogP contribution >= 0.6 is 0 Å². The quantitative estimate of drug-likeness (QED) is 0.885. The zero-order valence-electron chi connectivity index (χ0n) is 11.7. The van der Waals surface area contributed by atoms with Gasteiger partial charge in [0.05, 0.1) is 0 Å². The minimum Gasteiger partial charge on any atom is -0.508 e. The monoisotopic (exact) mass is 295 g/mol. The standard InChI is InChI=1S/C16H16F3NO/c1-9(13-7-11(17)3-5-15(13)19)20-10(2)14-8-12(18)4-6-16(14)21/h3-10,20-21H,1-2H3. The lowest BCUT2D eigenvalue weighted by atomic mass is 10.0. The molecule has 0 radical (unpaired) electrons. The van der Waals surface area contributed by atoms with E-state index in [9.17, 15) is 18.3 Å². The minimum atomic E-state index is -0.527. The maximum atomic E-state index is 13.7. The summed E-state index contributed by atoms with van der Waals surface area (Å²) in [6, 6.07) is 5.92. The van der Waals surface area contributed by atoms with Gasteiger partial charge < -0.3 is 10.4 Å². The van der Waals surface area contributed by atoms with E-state index in [1.165, 1.54) is 12.1 Å². The van der Waals surface area contributed by atoms with Gasteiger partial charge in [0.15, 0.2) is 0 Å². The van der Waals surface area contributed by atoms with Gasteiger partial charge in [-0.15, -0.1) is 0 Å². The topological polar surface area (TPSA) is 32.3 Å². The van der Waals surface area contributed by atoms with Crippen LogP contribution in [-0.4, -0.2) is 5.11 Å². The van der Waals surface area contributed by atoms with Crippen LogP contribution in [0.3, 0.4) is 0 Å². The van der Waals surface area contributed by atoms with E-state index in [-0.39, 0.29) is 11.3 Å². The molecule has 0 saturated heterocycles. The number of halogens is 3. The molecule has 2 unspecified atom stereocenters. The zero-order valence-corrected chi connectivity index (χ0v) is 11.7. The van der Waals surface area contributed by atoms with Crippen molar-refractivity contribution < 1.29 is 18.3 Å². The molecule has 0 fully saturated rings. The van der Waals surface area contributed by atoms with Crippen molar-refractivity contribution in [2.45, 2.75) is 25.9 Å². The smallest absolute Gasteiger partial charge is 0.128 e. The van der Waals surface area contributed by atoms with Crippen molar-refractivity contribution in [2.75, 3.05) is 0 Å². The molecule has 0 bridgehead atoms. The van der Waals surface area contributed by atoms with Gasteiger partial charge in [-0.2, -0.15) is 0 Å². The predicted molar refractivity (Wildman–Crippen MR) is 74.4 cm³/mol. The number of benzene rings is 2. The summed E-state index contributed by atoms with van der Waals surface area (Å²) in [6.07, 6.45) is 0. The number of phenols is 1. The molecular weight excluding hydrogens is 279 g/mol. The third-order valence-corrected chi connectivity index (χ3v) is 3.38. The van der Waals surface area contributed by atoms with Gasteiger partial charge in [0.25, 0.3) is 0 Å². The summed E-state index contributed by atoms with van der Waals surface area (Å²) in [4.78, 5) is 0. The van der Waals surface area contributed by atoms with Crippen LogP contribution in [0.1, 0.15) is 37.1 Å². The van der Waals surface area contributed by atoms with Gasteiger partial charge in [-0.3, -0.25) is 0 Å². The minimum absolute atomic E-state index is 0.0525. The highest BCUT2D eigenvalue weighted by molar-refractivity contribution is 5.35. The molecule has 0 aliphatic rings. The summed E-state index contributed by atoms with van der Waals surface area (Å²) in [5.41, 5.74) is 0.538. The van der Waals surface area contributed by atoms with Crippen molar-refractivity contribution in [1.82, 2.24) is 5.32 Å². The number of hydrogen-bond acceptors (Lipinski definition) is 2. The van der Waals surface area contributed by atoms with Crippen LogP contribution in [-0.2, 0) is 0 Å². The fourth-order valence-electron chi connectivity index (χ4n) is 2.27. The van der Waals surface area contributed by atoms with Gasteiger partial charge in [0.2, 0.25) is 0 Å². The van der Waals surface area contributed by atoms with Crippen molar-refractivity contribution in [3.8, 4) is 5.75 Å². The number of phenolic OH excluding ortho intramolecular Hbond substituents is 1. The van der Waals surface area contributed by atoms with Gasteiger partial charge >= 0.3 is 0 Å². The van der Waals surface area contributed by atoms with E-state index in [0.29, 0.717) is 5.56 Å². The first-order valence-corrected chi connectivity index (χ1v) is 6.58. The van der Waals surface area contributed by atoms with Crippen LogP contribution in [0.2, 0.25) is 0 Å². The van der Waals surface area contributed by atoms with Gasteiger partial charge in [-0.05, 0) is 50.2 Å². The van der Waals surface area contributed by atoms with E-state index in [0.717, 1.165) is 24.3 Å². The Bertz CT molecular complexity index is 590. The van der Waals surface area contributed by atoms with Crippen LogP contribution in [0.5, 0.6) is 5.75 Å². The largest absolute Gasteiger partial charge is 0.508 e. The van der Waals surface area contributed by atoms with E-state index in [1.54, 1.807) is 13.8 Å². The van der Waals surface area contributed by atoms with Crippen molar-refractivity contribution in [2.24, 2.45) is 0 Å². The van der Waals surface area contributed by atoms with E-state index in [2.05, 4.69) is 5.32 Å². The average molecular weight is 295 g/mol. The molecule has 0 aliphatic heterocycles. The van der Waals surface area contributed by atoms with Gasteiger partial charge in [0.1, 0.15) is 23.2 Å². The molecule has 0 amide bonds. The SMILES string of the molecule is CC(NC(C)c1cc(F)ccc1F)c1cc(F)ccc1O. The van der Waals surface area contributed by atoms with E-state index < -0.39 is 29.5 Å². The molecule has 2 nitrogen and oxygen atoms in total. The second-order valence-corrected chi connectivity index (χ2v) is 4.98. The van der Waals surface area contributed by atoms with Crippen molar-refractivity contribution in [3.05, 3.63) is 65.0 Å². The molecule has 0 aromatic heterocycles.